The highest BCUT2D eigenvalue weighted by atomic mass is 19.1. The highest BCUT2D eigenvalue weighted by Crippen LogP contribution is 2.22. The predicted octanol–water partition coefficient (Wildman–Crippen LogP) is 2.71. The summed E-state index contributed by atoms with van der Waals surface area (Å²) in [6.45, 7) is 3.95. The lowest BCUT2D eigenvalue weighted by Gasteiger charge is -2.27. The minimum absolute atomic E-state index is 0.0117. The van der Waals surface area contributed by atoms with E-state index in [1.54, 1.807) is 0 Å². The Morgan fingerprint density at radius 1 is 1.33 bits per heavy atom. The van der Waals surface area contributed by atoms with Crippen molar-refractivity contribution in [3.63, 3.8) is 0 Å². The number of halogens is 2. The van der Waals surface area contributed by atoms with Crippen LogP contribution in [0.4, 0.5) is 8.78 Å². The van der Waals surface area contributed by atoms with Gasteiger partial charge >= 0.3 is 0 Å². The van der Waals surface area contributed by atoms with Crippen LogP contribution >= 0.6 is 0 Å². The fraction of sp³-hybridized carbons (Fsp3) is 0.571. The van der Waals surface area contributed by atoms with E-state index in [1.165, 1.54) is 25.0 Å². The zero-order chi connectivity index (χ0) is 13.1. The largest absolute Gasteiger partial charge is 0.313 e. The number of benzene rings is 1. The SMILES string of the molecule is CC(c1cc(F)cc(F)c1)N(C)CC1CCCN1. The molecule has 0 aromatic heterocycles. The third-order valence-corrected chi connectivity index (χ3v) is 3.70. The maximum absolute atomic E-state index is 13.2. The average Bonchev–Trinajstić information content (AvgIpc) is 2.79. The van der Waals surface area contributed by atoms with E-state index in [0.29, 0.717) is 11.6 Å². The third-order valence-electron chi connectivity index (χ3n) is 3.70. The second kappa shape index (κ2) is 5.76. The molecule has 1 heterocycles. The van der Waals surface area contributed by atoms with Gasteiger partial charge in [-0.25, -0.2) is 8.78 Å². The van der Waals surface area contributed by atoms with Crippen LogP contribution in [0.15, 0.2) is 18.2 Å². The van der Waals surface area contributed by atoms with Crippen molar-refractivity contribution in [2.24, 2.45) is 0 Å². The second-order valence-corrected chi connectivity index (χ2v) is 5.11. The van der Waals surface area contributed by atoms with E-state index in [0.717, 1.165) is 19.2 Å². The number of hydrogen-bond donors (Lipinski definition) is 1. The van der Waals surface area contributed by atoms with E-state index < -0.39 is 11.6 Å². The fourth-order valence-electron chi connectivity index (χ4n) is 2.49. The molecule has 0 saturated carbocycles. The monoisotopic (exact) mass is 254 g/mol. The first kappa shape index (κ1) is 13.4. The van der Waals surface area contributed by atoms with Crippen LogP contribution in [0.5, 0.6) is 0 Å². The number of likely N-dealkylation sites (N-methyl/N-ethyl adjacent to an activating group) is 1. The summed E-state index contributed by atoms with van der Waals surface area (Å²) >= 11 is 0. The Morgan fingerprint density at radius 2 is 2.00 bits per heavy atom. The number of nitrogens with one attached hydrogen (secondary N) is 1. The van der Waals surface area contributed by atoms with Crippen molar-refractivity contribution in [2.45, 2.75) is 31.8 Å². The Bertz CT molecular complexity index is 383. The number of rotatable bonds is 4. The van der Waals surface area contributed by atoms with E-state index in [-0.39, 0.29) is 6.04 Å². The molecule has 4 heteroatoms. The van der Waals surface area contributed by atoms with Gasteiger partial charge in [0.1, 0.15) is 11.6 Å². The van der Waals surface area contributed by atoms with Crippen LogP contribution in [0.3, 0.4) is 0 Å². The van der Waals surface area contributed by atoms with Crippen molar-refractivity contribution in [2.75, 3.05) is 20.1 Å². The van der Waals surface area contributed by atoms with Gasteiger partial charge in [0.15, 0.2) is 0 Å². The smallest absolute Gasteiger partial charge is 0.126 e. The molecule has 0 spiro atoms. The molecule has 0 aliphatic carbocycles. The maximum atomic E-state index is 13.2. The summed E-state index contributed by atoms with van der Waals surface area (Å²) in [4.78, 5) is 2.14. The molecular weight excluding hydrogens is 234 g/mol. The van der Waals surface area contributed by atoms with Crippen molar-refractivity contribution in [1.29, 1.82) is 0 Å². The molecule has 1 aliphatic heterocycles. The van der Waals surface area contributed by atoms with Gasteiger partial charge in [0.05, 0.1) is 0 Å². The summed E-state index contributed by atoms with van der Waals surface area (Å²) in [6.07, 6.45) is 2.38. The molecule has 2 atom stereocenters. The Balaban J connectivity index is 2.02. The number of hydrogen-bond acceptors (Lipinski definition) is 2. The minimum Gasteiger partial charge on any atom is -0.313 e. The lowest BCUT2D eigenvalue weighted by molar-refractivity contribution is 0.237. The molecule has 2 unspecified atom stereocenters. The zero-order valence-electron chi connectivity index (χ0n) is 10.9. The fourth-order valence-corrected chi connectivity index (χ4v) is 2.49. The van der Waals surface area contributed by atoms with Crippen molar-refractivity contribution in [1.82, 2.24) is 10.2 Å². The van der Waals surface area contributed by atoms with Crippen molar-refractivity contribution < 1.29 is 8.78 Å². The van der Waals surface area contributed by atoms with Crippen molar-refractivity contribution in [3.8, 4) is 0 Å². The Morgan fingerprint density at radius 3 is 2.56 bits per heavy atom. The van der Waals surface area contributed by atoms with Crippen molar-refractivity contribution >= 4 is 0 Å². The molecule has 0 bridgehead atoms. The van der Waals surface area contributed by atoms with Gasteiger partial charge < -0.3 is 5.32 Å². The van der Waals surface area contributed by atoms with Gasteiger partial charge in [0, 0.05) is 24.7 Å². The summed E-state index contributed by atoms with van der Waals surface area (Å²) in [7, 11) is 1.99. The molecule has 1 N–H and O–H groups in total. The molecule has 2 rings (SSSR count). The lowest BCUT2D eigenvalue weighted by Crippen LogP contribution is -2.36. The predicted molar refractivity (Wildman–Crippen MR) is 68.4 cm³/mol. The van der Waals surface area contributed by atoms with E-state index in [9.17, 15) is 8.78 Å². The van der Waals surface area contributed by atoms with Crippen LogP contribution in [-0.2, 0) is 0 Å². The normalized spacial score (nSPS) is 21.5. The van der Waals surface area contributed by atoms with E-state index in [2.05, 4.69) is 10.2 Å². The molecular formula is C14H20F2N2. The Labute approximate surface area is 107 Å². The summed E-state index contributed by atoms with van der Waals surface area (Å²) in [5.74, 6) is -1.02. The summed E-state index contributed by atoms with van der Waals surface area (Å²) < 4.78 is 26.4. The highest BCUT2D eigenvalue weighted by molar-refractivity contribution is 5.21. The van der Waals surface area contributed by atoms with E-state index in [4.69, 9.17) is 0 Å². The highest BCUT2D eigenvalue weighted by Gasteiger charge is 2.20. The molecule has 0 radical (unpaired) electrons. The first-order valence-corrected chi connectivity index (χ1v) is 6.46. The standard InChI is InChI=1S/C14H20F2N2/c1-10(11-6-12(15)8-13(16)7-11)18(2)9-14-4-3-5-17-14/h6-8,10,14,17H,3-5,9H2,1-2H3. The molecule has 2 nitrogen and oxygen atoms in total. The topological polar surface area (TPSA) is 15.3 Å². The Hall–Kier alpha value is -1.00. The van der Waals surface area contributed by atoms with Crippen LogP contribution < -0.4 is 5.32 Å². The van der Waals surface area contributed by atoms with Gasteiger partial charge in [-0.15, -0.1) is 0 Å². The van der Waals surface area contributed by atoms with Crippen LogP contribution in [0.1, 0.15) is 31.4 Å². The molecule has 0 amide bonds. The van der Waals surface area contributed by atoms with E-state index in [1.807, 2.05) is 14.0 Å². The summed E-state index contributed by atoms with van der Waals surface area (Å²) in [5, 5.41) is 3.43. The van der Waals surface area contributed by atoms with Crippen LogP contribution in [-0.4, -0.2) is 31.1 Å². The van der Waals surface area contributed by atoms with Gasteiger partial charge in [-0.1, -0.05) is 0 Å². The van der Waals surface area contributed by atoms with Gasteiger partial charge in [0.2, 0.25) is 0 Å². The Kier molecular flexibility index (Phi) is 4.30. The van der Waals surface area contributed by atoms with Crippen LogP contribution in [0.2, 0.25) is 0 Å². The first-order chi connectivity index (χ1) is 8.56. The summed E-state index contributed by atoms with van der Waals surface area (Å²) in [6, 6.07) is 4.24. The maximum Gasteiger partial charge on any atom is 0.126 e. The van der Waals surface area contributed by atoms with E-state index >= 15 is 0 Å². The van der Waals surface area contributed by atoms with Crippen LogP contribution in [0, 0.1) is 11.6 Å². The van der Waals surface area contributed by atoms with Gasteiger partial charge in [0.25, 0.3) is 0 Å². The van der Waals surface area contributed by atoms with Gasteiger partial charge in [-0.05, 0) is 51.1 Å². The molecule has 1 aromatic carbocycles. The molecule has 1 fully saturated rings. The first-order valence-electron chi connectivity index (χ1n) is 6.46. The second-order valence-electron chi connectivity index (χ2n) is 5.11. The third kappa shape index (κ3) is 3.27. The minimum atomic E-state index is -0.510. The number of nitrogens with zero attached hydrogens (tertiary/aromatic N) is 1. The molecule has 100 valence electrons. The summed E-state index contributed by atoms with van der Waals surface area (Å²) in [5.41, 5.74) is 0.688. The zero-order valence-corrected chi connectivity index (χ0v) is 10.9. The lowest BCUT2D eigenvalue weighted by atomic mass is 10.1. The molecule has 1 saturated heterocycles. The van der Waals surface area contributed by atoms with Gasteiger partial charge in [-0.2, -0.15) is 0 Å². The van der Waals surface area contributed by atoms with Crippen LogP contribution in [0.25, 0.3) is 0 Å². The molecule has 1 aromatic rings. The van der Waals surface area contributed by atoms with Gasteiger partial charge in [-0.3, -0.25) is 4.90 Å². The molecule has 18 heavy (non-hydrogen) atoms. The quantitative estimate of drug-likeness (QED) is 0.888. The van der Waals surface area contributed by atoms with Crippen molar-refractivity contribution in [3.05, 3.63) is 35.4 Å². The average molecular weight is 254 g/mol. The molecule has 1 aliphatic rings.